The van der Waals surface area contributed by atoms with Gasteiger partial charge in [-0.1, -0.05) is 36.4 Å². The highest BCUT2D eigenvalue weighted by molar-refractivity contribution is 5.77. The summed E-state index contributed by atoms with van der Waals surface area (Å²) < 4.78 is 8.16. The van der Waals surface area contributed by atoms with Gasteiger partial charge in [0.25, 0.3) is 0 Å². The lowest BCUT2D eigenvalue weighted by molar-refractivity contribution is -0.119. The summed E-state index contributed by atoms with van der Waals surface area (Å²) >= 11 is 0. The molecule has 140 valence electrons. The van der Waals surface area contributed by atoms with E-state index in [1.54, 1.807) is 0 Å². The highest BCUT2D eigenvalue weighted by Crippen LogP contribution is 2.22. The first kappa shape index (κ1) is 18.7. The number of benzene rings is 2. The molecule has 0 saturated carbocycles. The van der Waals surface area contributed by atoms with E-state index in [-0.39, 0.29) is 11.9 Å². The molecule has 1 amide bonds. The highest BCUT2D eigenvalue weighted by atomic mass is 16.5. The van der Waals surface area contributed by atoms with Gasteiger partial charge in [0.1, 0.15) is 18.2 Å². The lowest BCUT2D eigenvalue weighted by Crippen LogP contribution is -2.27. The van der Waals surface area contributed by atoms with Crippen molar-refractivity contribution in [3.63, 3.8) is 0 Å². The van der Waals surface area contributed by atoms with E-state index in [0.29, 0.717) is 13.2 Å². The molecule has 1 heterocycles. The fourth-order valence-corrected chi connectivity index (χ4v) is 3.24. The van der Waals surface area contributed by atoms with E-state index in [9.17, 15) is 4.79 Å². The minimum absolute atomic E-state index is 0.0734. The zero-order chi connectivity index (χ0) is 19.2. The van der Waals surface area contributed by atoms with Gasteiger partial charge in [0.15, 0.2) is 0 Å². The molecule has 5 heteroatoms. The maximum atomic E-state index is 11.5. The number of ether oxygens (including phenoxy) is 1. The van der Waals surface area contributed by atoms with Crippen molar-refractivity contribution in [2.24, 2.45) is 0 Å². The number of rotatable bonds is 8. The van der Waals surface area contributed by atoms with Gasteiger partial charge in [-0.15, -0.1) is 6.58 Å². The van der Waals surface area contributed by atoms with E-state index < -0.39 is 0 Å². The molecule has 5 nitrogen and oxygen atoms in total. The Morgan fingerprint density at radius 1 is 1.26 bits per heavy atom. The molecule has 1 aromatic heterocycles. The molecule has 2 aromatic carbocycles. The van der Waals surface area contributed by atoms with Crippen LogP contribution in [0.5, 0.6) is 5.75 Å². The van der Waals surface area contributed by atoms with Crippen LogP contribution in [0.4, 0.5) is 0 Å². The first-order valence-corrected chi connectivity index (χ1v) is 9.14. The van der Waals surface area contributed by atoms with E-state index in [4.69, 9.17) is 9.72 Å². The molecule has 0 radical (unpaired) electrons. The number of carbonyl (C=O) groups excluding carboxylic acids is 1. The molecule has 0 spiro atoms. The summed E-state index contributed by atoms with van der Waals surface area (Å²) in [5.74, 6) is 1.63. The third-order valence-electron chi connectivity index (χ3n) is 4.40. The molecule has 3 rings (SSSR count). The highest BCUT2D eigenvalue weighted by Gasteiger charge is 2.17. The van der Waals surface area contributed by atoms with Crippen molar-refractivity contribution in [1.82, 2.24) is 14.9 Å². The first-order chi connectivity index (χ1) is 13.1. The molecule has 0 aliphatic heterocycles. The fourth-order valence-electron chi connectivity index (χ4n) is 3.24. The van der Waals surface area contributed by atoms with Crippen LogP contribution in [0.3, 0.4) is 0 Å². The second kappa shape index (κ2) is 8.54. The maximum Gasteiger partial charge on any atom is 0.217 e. The van der Waals surface area contributed by atoms with Crippen molar-refractivity contribution < 1.29 is 9.53 Å². The predicted octanol–water partition coefficient (Wildman–Crippen LogP) is 4.04. The minimum Gasteiger partial charge on any atom is -0.491 e. The zero-order valence-electron chi connectivity index (χ0n) is 15.8. The van der Waals surface area contributed by atoms with Crippen LogP contribution in [0.2, 0.25) is 0 Å². The number of amides is 1. The van der Waals surface area contributed by atoms with Gasteiger partial charge in [-0.05, 0) is 37.1 Å². The topological polar surface area (TPSA) is 56.1 Å². The third-order valence-corrected chi connectivity index (χ3v) is 4.40. The number of carbonyl (C=O) groups is 1. The average molecular weight is 363 g/mol. The molecule has 0 bridgehead atoms. The Bertz CT molecular complexity index is 946. The molecule has 0 aliphatic carbocycles. The van der Waals surface area contributed by atoms with Crippen LogP contribution in [0, 0.1) is 0 Å². The number of aromatic nitrogens is 2. The molecular weight excluding hydrogens is 338 g/mol. The van der Waals surface area contributed by atoms with E-state index >= 15 is 0 Å². The maximum absolute atomic E-state index is 11.5. The standard InChI is InChI=1S/C22H25N3O2/c1-4-9-18-10-5-8-13-21(18)27-15-14-25-20-12-7-6-11-19(20)24-22(25)16(2)23-17(3)26/h4-8,10-13,16H,1,9,14-15H2,2-3H3,(H,23,26). The van der Waals surface area contributed by atoms with Gasteiger partial charge >= 0.3 is 0 Å². The number of imidazole rings is 1. The van der Waals surface area contributed by atoms with Crippen LogP contribution >= 0.6 is 0 Å². The predicted molar refractivity (Wildman–Crippen MR) is 108 cm³/mol. The van der Waals surface area contributed by atoms with Crippen molar-refractivity contribution in [2.75, 3.05) is 6.61 Å². The number of nitrogens with zero attached hydrogens (tertiary/aromatic N) is 2. The summed E-state index contributed by atoms with van der Waals surface area (Å²) in [5.41, 5.74) is 3.07. The number of hydrogen-bond acceptors (Lipinski definition) is 3. The molecular formula is C22H25N3O2. The Hall–Kier alpha value is -3.08. The third kappa shape index (κ3) is 4.37. The van der Waals surface area contributed by atoms with Gasteiger partial charge in [-0.2, -0.15) is 0 Å². The summed E-state index contributed by atoms with van der Waals surface area (Å²) in [7, 11) is 0. The van der Waals surface area contributed by atoms with E-state index in [1.807, 2.05) is 61.5 Å². The van der Waals surface area contributed by atoms with Gasteiger partial charge in [0.2, 0.25) is 5.91 Å². The Kier molecular flexibility index (Phi) is 5.91. The van der Waals surface area contributed by atoms with Crippen molar-refractivity contribution in [2.45, 2.75) is 32.9 Å². The van der Waals surface area contributed by atoms with E-state index in [2.05, 4.69) is 16.5 Å². The van der Waals surface area contributed by atoms with Crippen LogP contribution in [0.25, 0.3) is 11.0 Å². The number of fused-ring (bicyclic) bond motifs is 1. The van der Waals surface area contributed by atoms with Crippen LogP contribution in [-0.2, 0) is 17.8 Å². The summed E-state index contributed by atoms with van der Waals surface area (Å²) in [6.07, 6.45) is 2.65. The van der Waals surface area contributed by atoms with E-state index in [1.165, 1.54) is 6.92 Å². The van der Waals surface area contributed by atoms with Crippen molar-refractivity contribution in [3.8, 4) is 5.75 Å². The Morgan fingerprint density at radius 2 is 2.00 bits per heavy atom. The van der Waals surface area contributed by atoms with Crippen LogP contribution < -0.4 is 10.1 Å². The lowest BCUT2D eigenvalue weighted by Gasteiger charge is -2.16. The van der Waals surface area contributed by atoms with Crippen molar-refractivity contribution in [1.29, 1.82) is 0 Å². The number of nitrogens with one attached hydrogen (secondary N) is 1. The fraction of sp³-hybridized carbons (Fsp3) is 0.273. The summed E-state index contributed by atoms with van der Waals surface area (Å²) in [5, 5.41) is 2.92. The molecule has 1 unspecified atom stereocenters. The van der Waals surface area contributed by atoms with Crippen molar-refractivity contribution in [3.05, 3.63) is 72.6 Å². The van der Waals surface area contributed by atoms with Gasteiger partial charge in [0.05, 0.1) is 23.6 Å². The molecule has 3 aromatic rings. The van der Waals surface area contributed by atoms with Crippen molar-refractivity contribution >= 4 is 16.9 Å². The minimum atomic E-state index is -0.178. The Morgan fingerprint density at radius 3 is 2.78 bits per heavy atom. The van der Waals surface area contributed by atoms with Gasteiger partial charge in [-0.25, -0.2) is 4.98 Å². The number of allylic oxidation sites excluding steroid dienone is 1. The lowest BCUT2D eigenvalue weighted by atomic mass is 10.1. The quantitative estimate of drug-likeness (QED) is 0.615. The van der Waals surface area contributed by atoms with Gasteiger partial charge in [0, 0.05) is 6.92 Å². The number of para-hydroxylation sites is 3. The molecule has 0 fully saturated rings. The summed E-state index contributed by atoms with van der Waals surface area (Å²) in [6.45, 7) is 8.41. The monoisotopic (exact) mass is 363 g/mol. The largest absolute Gasteiger partial charge is 0.491 e. The SMILES string of the molecule is C=CCc1ccccc1OCCn1c(C(C)NC(C)=O)nc2ccccc21. The molecule has 1 atom stereocenters. The average Bonchev–Trinajstić information content (AvgIpc) is 3.02. The second-order valence-electron chi connectivity index (χ2n) is 6.48. The first-order valence-electron chi connectivity index (χ1n) is 9.14. The summed E-state index contributed by atoms with van der Waals surface area (Å²) in [6, 6.07) is 15.8. The second-order valence-corrected chi connectivity index (χ2v) is 6.48. The summed E-state index contributed by atoms with van der Waals surface area (Å²) in [4.78, 5) is 16.2. The molecule has 27 heavy (non-hydrogen) atoms. The van der Waals surface area contributed by atoms with Crippen LogP contribution in [0.15, 0.2) is 61.2 Å². The normalized spacial score (nSPS) is 11.9. The van der Waals surface area contributed by atoms with Gasteiger partial charge < -0.3 is 14.6 Å². The Labute approximate surface area is 159 Å². The van der Waals surface area contributed by atoms with E-state index in [0.717, 1.165) is 34.6 Å². The zero-order valence-corrected chi connectivity index (χ0v) is 15.8. The van der Waals surface area contributed by atoms with Crippen LogP contribution in [-0.4, -0.2) is 22.1 Å². The van der Waals surface area contributed by atoms with Crippen LogP contribution in [0.1, 0.15) is 31.3 Å². The van der Waals surface area contributed by atoms with Gasteiger partial charge in [-0.3, -0.25) is 4.79 Å². The smallest absolute Gasteiger partial charge is 0.217 e. The molecule has 0 aliphatic rings. The molecule has 0 saturated heterocycles. The molecule has 1 N–H and O–H groups in total. The number of hydrogen-bond donors (Lipinski definition) is 1. The Balaban J connectivity index is 1.81.